The van der Waals surface area contributed by atoms with E-state index in [1.165, 1.54) is 0 Å². The van der Waals surface area contributed by atoms with Gasteiger partial charge in [-0.2, -0.15) is 4.31 Å². The van der Waals surface area contributed by atoms with E-state index in [0.29, 0.717) is 42.1 Å². The summed E-state index contributed by atoms with van der Waals surface area (Å²) in [5, 5.41) is 7.14. The van der Waals surface area contributed by atoms with Gasteiger partial charge in [0.1, 0.15) is 0 Å². The van der Waals surface area contributed by atoms with Gasteiger partial charge in [0.2, 0.25) is 10.0 Å². The van der Waals surface area contributed by atoms with E-state index in [9.17, 15) is 8.42 Å². The molecule has 0 spiro atoms. The molecule has 8 heteroatoms. The first-order valence-electron chi connectivity index (χ1n) is 9.78. The number of guanidine groups is 1. The lowest BCUT2D eigenvalue weighted by Crippen LogP contribution is -2.38. The zero-order chi connectivity index (χ0) is 20.7. The second-order valence-electron chi connectivity index (χ2n) is 6.98. The quantitative estimate of drug-likeness (QED) is 0.540. The second-order valence-corrected chi connectivity index (χ2v) is 9.32. The monoisotopic (exact) mass is 434 g/mol. The van der Waals surface area contributed by atoms with Crippen LogP contribution >= 0.6 is 11.6 Å². The van der Waals surface area contributed by atoms with Gasteiger partial charge in [-0.3, -0.25) is 4.99 Å². The highest BCUT2D eigenvalue weighted by molar-refractivity contribution is 7.89. The summed E-state index contributed by atoms with van der Waals surface area (Å²) in [6, 6.07) is 14.7. The van der Waals surface area contributed by atoms with E-state index in [1.54, 1.807) is 23.5 Å². The summed E-state index contributed by atoms with van der Waals surface area (Å²) in [4.78, 5) is 4.59. The van der Waals surface area contributed by atoms with Crippen molar-refractivity contribution in [2.24, 2.45) is 4.99 Å². The van der Waals surface area contributed by atoms with E-state index in [-0.39, 0.29) is 0 Å². The number of halogens is 1. The van der Waals surface area contributed by atoms with Crippen LogP contribution in [0.15, 0.2) is 58.4 Å². The Morgan fingerprint density at radius 2 is 1.66 bits per heavy atom. The third kappa shape index (κ3) is 5.72. The number of benzene rings is 2. The molecule has 0 aromatic heterocycles. The first kappa shape index (κ1) is 21.6. The van der Waals surface area contributed by atoms with Crippen LogP contribution in [0.5, 0.6) is 0 Å². The smallest absolute Gasteiger partial charge is 0.243 e. The van der Waals surface area contributed by atoms with Crippen molar-refractivity contribution in [2.45, 2.75) is 37.2 Å². The zero-order valence-electron chi connectivity index (χ0n) is 16.6. The second kappa shape index (κ2) is 10.1. The molecule has 0 saturated carbocycles. The minimum absolute atomic E-state index is 0.363. The number of nitrogens with one attached hydrogen (secondary N) is 2. The summed E-state index contributed by atoms with van der Waals surface area (Å²) >= 11 is 5.92. The van der Waals surface area contributed by atoms with Crippen molar-refractivity contribution in [1.29, 1.82) is 0 Å². The summed E-state index contributed by atoms with van der Waals surface area (Å²) in [5.74, 6) is 0.602. The van der Waals surface area contributed by atoms with Crippen molar-refractivity contribution in [3.05, 3.63) is 64.7 Å². The summed E-state index contributed by atoms with van der Waals surface area (Å²) in [7, 11) is -1.80. The van der Waals surface area contributed by atoms with Crippen molar-refractivity contribution >= 4 is 27.6 Å². The van der Waals surface area contributed by atoms with E-state index < -0.39 is 10.0 Å². The Bertz CT molecular complexity index is 939. The molecule has 0 atom stereocenters. The predicted molar refractivity (Wildman–Crippen MR) is 118 cm³/mol. The SMILES string of the molecule is CN=C(NCc1ccc(Cl)cc1)NCc1ccccc1S(=O)(=O)N1CCCCC1. The van der Waals surface area contributed by atoms with Gasteiger partial charge in [-0.25, -0.2) is 8.42 Å². The van der Waals surface area contributed by atoms with Crippen molar-refractivity contribution in [3.63, 3.8) is 0 Å². The maximum absolute atomic E-state index is 13.1. The van der Waals surface area contributed by atoms with E-state index in [4.69, 9.17) is 11.6 Å². The highest BCUT2D eigenvalue weighted by Crippen LogP contribution is 2.23. The molecule has 1 saturated heterocycles. The fourth-order valence-corrected chi connectivity index (χ4v) is 5.20. The minimum atomic E-state index is -3.49. The number of hydrogen-bond acceptors (Lipinski definition) is 3. The molecule has 1 aliphatic heterocycles. The molecular weight excluding hydrogens is 408 g/mol. The van der Waals surface area contributed by atoms with Gasteiger partial charge >= 0.3 is 0 Å². The number of rotatable bonds is 6. The molecule has 3 rings (SSSR count). The van der Waals surface area contributed by atoms with E-state index in [0.717, 1.165) is 30.4 Å². The molecule has 2 N–H and O–H groups in total. The molecule has 0 bridgehead atoms. The lowest BCUT2D eigenvalue weighted by Gasteiger charge is -2.27. The third-order valence-electron chi connectivity index (χ3n) is 4.95. The van der Waals surface area contributed by atoms with E-state index in [2.05, 4.69) is 15.6 Å². The van der Waals surface area contributed by atoms with Crippen LogP contribution in [0.25, 0.3) is 0 Å². The number of sulfonamides is 1. The van der Waals surface area contributed by atoms with Gasteiger partial charge in [0.15, 0.2) is 5.96 Å². The Kier molecular flexibility index (Phi) is 7.52. The third-order valence-corrected chi connectivity index (χ3v) is 7.20. The van der Waals surface area contributed by atoms with Crippen molar-refractivity contribution in [2.75, 3.05) is 20.1 Å². The van der Waals surface area contributed by atoms with Crippen LogP contribution in [0.2, 0.25) is 5.02 Å². The number of aliphatic imine (C=N–C) groups is 1. The first-order chi connectivity index (χ1) is 14.0. The van der Waals surface area contributed by atoms with Crippen LogP contribution in [0, 0.1) is 0 Å². The average Bonchev–Trinajstić information content (AvgIpc) is 2.76. The van der Waals surface area contributed by atoms with Crippen LogP contribution in [0.3, 0.4) is 0 Å². The van der Waals surface area contributed by atoms with Crippen LogP contribution < -0.4 is 10.6 Å². The minimum Gasteiger partial charge on any atom is -0.352 e. The molecule has 0 radical (unpaired) electrons. The molecule has 1 aliphatic rings. The van der Waals surface area contributed by atoms with Gasteiger partial charge in [0.25, 0.3) is 0 Å². The Balaban J connectivity index is 1.66. The Labute approximate surface area is 178 Å². The average molecular weight is 435 g/mol. The fourth-order valence-electron chi connectivity index (χ4n) is 3.33. The molecule has 29 heavy (non-hydrogen) atoms. The normalized spacial score (nSPS) is 15.9. The molecule has 0 unspecified atom stereocenters. The molecule has 0 aliphatic carbocycles. The standard InChI is InChI=1S/C21H27ClN4O2S/c1-23-21(24-15-17-9-11-19(22)12-10-17)25-16-18-7-3-4-8-20(18)29(27,28)26-13-5-2-6-14-26/h3-4,7-12H,2,5-6,13-16H2,1H3,(H2,23,24,25). The van der Waals surface area contributed by atoms with Gasteiger partial charge in [-0.15, -0.1) is 0 Å². The van der Waals surface area contributed by atoms with E-state index in [1.807, 2.05) is 36.4 Å². The summed E-state index contributed by atoms with van der Waals surface area (Å²) < 4.78 is 27.8. The topological polar surface area (TPSA) is 73.8 Å². The van der Waals surface area contributed by atoms with Crippen LogP contribution in [-0.2, 0) is 23.1 Å². The highest BCUT2D eigenvalue weighted by Gasteiger charge is 2.27. The van der Waals surface area contributed by atoms with Crippen LogP contribution in [-0.4, -0.2) is 38.8 Å². The first-order valence-corrected chi connectivity index (χ1v) is 11.6. The molecule has 1 fully saturated rings. The molecular formula is C21H27ClN4O2S. The number of piperidine rings is 1. The summed E-state index contributed by atoms with van der Waals surface area (Å²) in [6.07, 6.45) is 2.92. The van der Waals surface area contributed by atoms with Crippen molar-refractivity contribution < 1.29 is 8.42 Å². The molecule has 2 aromatic carbocycles. The summed E-state index contributed by atoms with van der Waals surface area (Å²) in [6.45, 7) is 2.14. The maximum Gasteiger partial charge on any atom is 0.243 e. The van der Waals surface area contributed by atoms with E-state index >= 15 is 0 Å². The molecule has 1 heterocycles. The van der Waals surface area contributed by atoms with Gasteiger partial charge in [-0.1, -0.05) is 48.4 Å². The van der Waals surface area contributed by atoms with Crippen LogP contribution in [0.4, 0.5) is 0 Å². The predicted octanol–water partition coefficient (Wildman–Crippen LogP) is 3.38. The van der Waals surface area contributed by atoms with Crippen LogP contribution in [0.1, 0.15) is 30.4 Å². The lowest BCUT2D eigenvalue weighted by atomic mass is 10.2. The number of hydrogen-bond donors (Lipinski definition) is 2. The lowest BCUT2D eigenvalue weighted by molar-refractivity contribution is 0.346. The Hall–Kier alpha value is -2.09. The molecule has 2 aromatic rings. The molecule has 6 nitrogen and oxygen atoms in total. The summed E-state index contributed by atoms with van der Waals surface area (Å²) in [5.41, 5.74) is 1.80. The van der Waals surface area contributed by atoms with Gasteiger partial charge in [-0.05, 0) is 42.2 Å². The Morgan fingerprint density at radius 3 is 2.34 bits per heavy atom. The molecule has 156 valence electrons. The highest BCUT2D eigenvalue weighted by atomic mass is 35.5. The number of nitrogens with zero attached hydrogens (tertiary/aromatic N) is 2. The van der Waals surface area contributed by atoms with Crippen molar-refractivity contribution in [3.8, 4) is 0 Å². The fraction of sp³-hybridized carbons (Fsp3) is 0.381. The van der Waals surface area contributed by atoms with Gasteiger partial charge < -0.3 is 10.6 Å². The Morgan fingerprint density at radius 1 is 1.00 bits per heavy atom. The van der Waals surface area contributed by atoms with Gasteiger partial charge in [0.05, 0.1) is 4.90 Å². The van der Waals surface area contributed by atoms with Gasteiger partial charge in [0, 0.05) is 38.2 Å². The van der Waals surface area contributed by atoms with Crippen molar-refractivity contribution in [1.82, 2.24) is 14.9 Å². The zero-order valence-corrected chi connectivity index (χ0v) is 18.1. The molecule has 0 amide bonds. The maximum atomic E-state index is 13.1. The largest absolute Gasteiger partial charge is 0.352 e.